The molecule has 27 heavy (non-hydrogen) atoms. The van der Waals surface area contributed by atoms with Gasteiger partial charge in [-0.05, 0) is 13.0 Å². The van der Waals surface area contributed by atoms with Crippen LogP contribution in [0.1, 0.15) is 47.2 Å². The summed E-state index contributed by atoms with van der Waals surface area (Å²) in [5.74, 6) is 0.973. The van der Waals surface area contributed by atoms with E-state index in [0.717, 1.165) is 5.69 Å². The van der Waals surface area contributed by atoms with Gasteiger partial charge >= 0.3 is 0 Å². The summed E-state index contributed by atoms with van der Waals surface area (Å²) in [4.78, 5) is 23.2. The molecule has 0 saturated carbocycles. The van der Waals surface area contributed by atoms with Crippen molar-refractivity contribution in [3.05, 3.63) is 29.3 Å². The normalized spacial score (nSPS) is 20.9. The van der Waals surface area contributed by atoms with Gasteiger partial charge in [-0.15, -0.1) is 0 Å². The Morgan fingerprint density at radius 1 is 1.37 bits per heavy atom. The molecule has 1 unspecified atom stereocenters. The first-order valence-electron chi connectivity index (χ1n) is 9.12. The van der Waals surface area contributed by atoms with E-state index in [9.17, 15) is 9.90 Å². The Bertz CT molecular complexity index is 872. The van der Waals surface area contributed by atoms with Gasteiger partial charge in [0.05, 0.1) is 6.20 Å². The maximum atomic E-state index is 12.9. The number of aliphatic hydroxyl groups excluding tert-OH is 1. The maximum absolute atomic E-state index is 12.9. The average molecular weight is 372 g/mol. The van der Waals surface area contributed by atoms with Crippen LogP contribution in [0.25, 0.3) is 0 Å². The van der Waals surface area contributed by atoms with Crippen molar-refractivity contribution >= 4 is 11.9 Å². The van der Waals surface area contributed by atoms with Gasteiger partial charge in [0, 0.05) is 52.1 Å². The molecule has 9 heteroatoms. The quantitative estimate of drug-likeness (QED) is 0.812. The Morgan fingerprint density at radius 3 is 2.81 bits per heavy atom. The summed E-state index contributed by atoms with van der Waals surface area (Å²) >= 11 is 0. The SMILES string of the molecule is CNc1nc(C)cc(C(=O)N2CCC3(CC2)CC(O)c2nn(C)cc2O3)n1. The third-order valence-corrected chi connectivity index (χ3v) is 5.29. The standard InChI is InChI=1S/C18H24N6O3/c1-11-8-12(21-17(19-2)20-11)16(26)24-6-4-18(5-7-24)9-13(25)15-14(27-18)10-23(3)22-15/h8,10,13,25H,4-7,9H2,1-3H3,(H,19,20,21). The molecule has 1 fully saturated rings. The number of likely N-dealkylation sites (tertiary alicyclic amines) is 1. The number of ether oxygens (including phenoxy) is 1. The van der Waals surface area contributed by atoms with Gasteiger partial charge in [0.1, 0.15) is 23.1 Å². The number of piperidine rings is 1. The van der Waals surface area contributed by atoms with Gasteiger partial charge in [-0.25, -0.2) is 9.97 Å². The van der Waals surface area contributed by atoms with Gasteiger partial charge in [-0.3, -0.25) is 9.48 Å². The molecule has 9 nitrogen and oxygen atoms in total. The Kier molecular flexibility index (Phi) is 4.26. The average Bonchev–Trinajstić information content (AvgIpc) is 3.01. The van der Waals surface area contributed by atoms with Crippen molar-refractivity contribution in [3.8, 4) is 5.75 Å². The van der Waals surface area contributed by atoms with Gasteiger partial charge in [0.2, 0.25) is 5.95 Å². The summed E-state index contributed by atoms with van der Waals surface area (Å²) in [6.07, 6.45) is 2.97. The fourth-order valence-electron chi connectivity index (χ4n) is 3.89. The van der Waals surface area contributed by atoms with Crippen molar-refractivity contribution in [1.82, 2.24) is 24.6 Å². The molecule has 1 spiro atoms. The summed E-state index contributed by atoms with van der Waals surface area (Å²) in [7, 11) is 3.54. The minimum Gasteiger partial charge on any atom is -0.483 e. The summed E-state index contributed by atoms with van der Waals surface area (Å²) < 4.78 is 7.88. The monoisotopic (exact) mass is 372 g/mol. The largest absolute Gasteiger partial charge is 0.483 e. The Morgan fingerprint density at radius 2 is 2.11 bits per heavy atom. The summed E-state index contributed by atoms with van der Waals surface area (Å²) in [5, 5.41) is 17.6. The van der Waals surface area contributed by atoms with Crippen LogP contribution in [0.15, 0.2) is 12.3 Å². The van der Waals surface area contributed by atoms with E-state index in [-0.39, 0.29) is 5.91 Å². The van der Waals surface area contributed by atoms with E-state index in [1.54, 1.807) is 28.9 Å². The highest BCUT2D eigenvalue weighted by Gasteiger charge is 2.45. The van der Waals surface area contributed by atoms with Crippen LogP contribution >= 0.6 is 0 Å². The molecule has 0 aromatic carbocycles. The molecular weight excluding hydrogens is 348 g/mol. The minimum atomic E-state index is -0.639. The maximum Gasteiger partial charge on any atom is 0.272 e. The second-order valence-electron chi connectivity index (χ2n) is 7.32. The molecule has 1 amide bonds. The highest BCUT2D eigenvalue weighted by molar-refractivity contribution is 5.92. The van der Waals surface area contributed by atoms with E-state index in [0.29, 0.717) is 55.4 Å². The first-order valence-corrected chi connectivity index (χ1v) is 9.12. The molecule has 2 N–H and O–H groups in total. The van der Waals surface area contributed by atoms with Crippen LogP contribution in [0.5, 0.6) is 5.75 Å². The van der Waals surface area contributed by atoms with Crippen LogP contribution in [0.3, 0.4) is 0 Å². The Balaban J connectivity index is 1.48. The Labute approximate surface area is 157 Å². The fourth-order valence-corrected chi connectivity index (χ4v) is 3.89. The molecule has 4 heterocycles. The first kappa shape index (κ1) is 17.7. The topological polar surface area (TPSA) is 105 Å². The predicted octanol–water partition coefficient (Wildman–Crippen LogP) is 1.05. The van der Waals surface area contributed by atoms with Crippen LogP contribution in [0.4, 0.5) is 5.95 Å². The molecular formula is C18H24N6O3. The Hall–Kier alpha value is -2.68. The van der Waals surface area contributed by atoms with Crippen molar-refractivity contribution < 1.29 is 14.6 Å². The highest BCUT2D eigenvalue weighted by atomic mass is 16.5. The van der Waals surface area contributed by atoms with E-state index in [1.807, 2.05) is 14.0 Å². The zero-order chi connectivity index (χ0) is 19.2. The zero-order valence-electron chi connectivity index (χ0n) is 15.8. The number of aryl methyl sites for hydroxylation is 2. The molecule has 1 atom stereocenters. The lowest BCUT2D eigenvalue weighted by Crippen LogP contribution is -2.51. The molecule has 2 aliphatic heterocycles. The van der Waals surface area contributed by atoms with Gasteiger partial charge in [-0.1, -0.05) is 0 Å². The van der Waals surface area contributed by atoms with E-state index in [1.165, 1.54) is 0 Å². The molecule has 0 bridgehead atoms. The van der Waals surface area contributed by atoms with Crippen LogP contribution in [0, 0.1) is 6.92 Å². The number of rotatable bonds is 2. The number of carbonyl (C=O) groups excluding carboxylic acids is 1. The van der Waals surface area contributed by atoms with Crippen molar-refractivity contribution in [2.45, 2.75) is 37.9 Å². The molecule has 0 radical (unpaired) electrons. The van der Waals surface area contributed by atoms with E-state index in [4.69, 9.17) is 4.74 Å². The first-order chi connectivity index (χ1) is 12.9. The number of anilines is 1. The van der Waals surface area contributed by atoms with Crippen LogP contribution in [-0.2, 0) is 7.05 Å². The van der Waals surface area contributed by atoms with E-state index in [2.05, 4.69) is 20.4 Å². The third kappa shape index (κ3) is 3.23. The number of hydrogen-bond donors (Lipinski definition) is 2. The zero-order valence-corrected chi connectivity index (χ0v) is 15.8. The van der Waals surface area contributed by atoms with Gasteiger partial charge in [0.15, 0.2) is 5.75 Å². The van der Waals surface area contributed by atoms with Gasteiger partial charge in [0.25, 0.3) is 5.91 Å². The number of fused-ring (bicyclic) bond motifs is 1. The minimum absolute atomic E-state index is 0.106. The third-order valence-electron chi connectivity index (χ3n) is 5.29. The number of nitrogens with one attached hydrogen (secondary N) is 1. The number of aliphatic hydroxyl groups is 1. The smallest absolute Gasteiger partial charge is 0.272 e. The van der Waals surface area contributed by atoms with E-state index < -0.39 is 11.7 Å². The number of nitrogens with zero attached hydrogens (tertiary/aromatic N) is 5. The lowest BCUT2D eigenvalue weighted by molar-refractivity contribution is -0.0505. The van der Waals surface area contributed by atoms with Crippen molar-refractivity contribution in [3.63, 3.8) is 0 Å². The lowest BCUT2D eigenvalue weighted by Gasteiger charge is -2.44. The van der Waals surface area contributed by atoms with E-state index >= 15 is 0 Å². The number of amides is 1. The fraction of sp³-hybridized carbons (Fsp3) is 0.556. The molecule has 0 aliphatic carbocycles. The predicted molar refractivity (Wildman–Crippen MR) is 97.6 cm³/mol. The molecule has 2 aromatic heterocycles. The summed E-state index contributed by atoms with van der Waals surface area (Å²) in [6, 6.07) is 1.70. The molecule has 4 rings (SSSR count). The number of aromatic nitrogens is 4. The second kappa shape index (κ2) is 6.49. The molecule has 1 saturated heterocycles. The van der Waals surface area contributed by atoms with Gasteiger partial charge in [-0.2, -0.15) is 5.10 Å². The number of hydrogen-bond acceptors (Lipinski definition) is 7. The van der Waals surface area contributed by atoms with Crippen molar-refractivity contribution in [1.29, 1.82) is 0 Å². The van der Waals surface area contributed by atoms with Crippen LogP contribution in [0.2, 0.25) is 0 Å². The summed E-state index contributed by atoms with van der Waals surface area (Å²) in [5.41, 5.74) is 1.28. The summed E-state index contributed by atoms with van der Waals surface area (Å²) in [6.45, 7) is 2.95. The number of carbonyl (C=O) groups is 1. The highest BCUT2D eigenvalue weighted by Crippen LogP contribution is 2.43. The molecule has 2 aromatic rings. The van der Waals surface area contributed by atoms with Crippen molar-refractivity contribution in [2.24, 2.45) is 7.05 Å². The second-order valence-corrected chi connectivity index (χ2v) is 7.32. The lowest BCUT2D eigenvalue weighted by atomic mass is 9.83. The van der Waals surface area contributed by atoms with Crippen LogP contribution < -0.4 is 10.1 Å². The van der Waals surface area contributed by atoms with Gasteiger partial charge < -0.3 is 20.1 Å². The van der Waals surface area contributed by atoms with Crippen LogP contribution in [-0.4, -0.2) is 61.4 Å². The molecule has 2 aliphatic rings. The molecule has 144 valence electrons. The van der Waals surface area contributed by atoms with Crippen molar-refractivity contribution in [2.75, 3.05) is 25.5 Å².